The van der Waals surface area contributed by atoms with Crippen LogP contribution in [0.2, 0.25) is 0 Å². The summed E-state index contributed by atoms with van der Waals surface area (Å²) in [4.78, 5) is 18.9. The average molecular weight is 349 g/mol. The number of nitrogens with one attached hydrogen (secondary N) is 1. The smallest absolute Gasteiger partial charge is 0.221 e. The van der Waals surface area contributed by atoms with Crippen LogP contribution in [0.1, 0.15) is 40.6 Å². The van der Waals surface area contributed by atoms with Gasteiger partial charge in [-0.05, 0) is 55.5 Å². The van der Waals surface area contributed by atoms with Gasteiger partial charge in [-0.3, -0.25) is 4.79 Å². The molecule has 2 heterocycles. The molecule has 0 aliphatic heterocycles. The summed E-state index contributed by atoms with van der Waals surface area (Å²) in [5.41, 5.74) is 10.8. The number of primary amides is 1. The Kier molecular flexibility index (Phi) is 4.77. The lowest BCUT2D eigenvalue weighted by Crippen LogP contribution is -2.14. The molecule has 0 radical (unpaired) electrons. The fourth-order valence-electron chi connectivity index (χ4n) is 3.20. The molecule has 26 heavy (non-hydrogen) atoms. The molecule has 0 bridgehead atoms. The van der Waals surface area contributed by atoms with Gasteiger partial charge in [-0.2, -0.15) is 0 Å². The average Bonchev–Trinajstić information content (AvgIpc) is 2.88. The Labute approximate surface area is 151 Å². The van der Waals surface area contributed by atoms with Crippen LogP contribution in [0.15, 0.2) is 24.4 Å². The number of fused-ring (bicyclic) bond motifs is 1. The minimum absolute atomic E-state index is 0.000959. The molecule has 2 aromatic heterocycles. The first kappa shape index (κ1) is 17.7. The number of amides is 1. The standard InChI is InChI=1S/C21H20FN3O/c1-4-5-16-7-6-14(11-24-16)8-17-18(22)9-15(10-19(23)26)21-20(17)12(2)13(3)25-21/h6-7,9,11,25H,8,10H2,1-3H3,(H2,23,26). The highest BCUT2D eigenvalue weighted by Gasteiger charge is 2.18. The monoisotopic (exact) mass is 349 g/mol. The molecule has 0 aliphatic carbocycles. The third-order valence-electron chi connectivity index (χ3n) is 4.54. The zero-order valence-electron chi connectivity index (χ0n) is 15.0. The lowest BCUT2D eigenvalue weighted by Gasteiger charge is -2.10. The first-order chi connectivity index (χ1) is 12.4. The van der Waals surface area contributed by atoms with E-state index in [0.29, 0.717) is 23.2 Å². The molecule has 0 atom stereocenters. The number of aryl methyl sites for hydroxylation is 2. The molecule has 0 aliphatic rings. The van der Waals surface area contributed by atoms with Gasteiger partial charge >= 0.3 is 0 Å². The quantitative estimate of drug-likeness (QED) is 0.709. The van der Waals surface area contributed by atoms with E-state index in [0.717, 1.165) is 27.7 Å². The molecule has 0 saturated heterocycles. The van der Waals surface area contributed by atoms with Crippen LogP contribution in [0.25, 0.3) is 10.9 Å². The second-order valence-electron chi connectivity index (χ2n) is 6.37. The number of aromatic amines is 1. The predicted molar refractivity (Wildman–Crippen MR) is 100 cm³/mol. The summed E-state index contributed by atoms with van der Waals surface area (Å²) >= 11 is 0. The number of hydrogen-bond acceptors (Lipinski definition) is 2. The van der Waals surface area contributed by atoms with Crippen molar-refractivity contribution < 1.29 is 9.18 Å². The number of nitrogens with zero attached hydrogens (tertiary/aromatic N) is 1. The summed E-state index contributed by atoms with van der Waals surface area (Å²) in [6.07, 6.45) is 2.13. The van der Waals surface area contributed by atoms with E-state index in [9.17, 15) is 9.18 Å². The summed E-state index contributed by atoms with van der Waals surface area (Å²) in [7, 11) is 0. The highest BCUT2D eigenvalue weighted by Crippen LogP contribution is 2.32. The molecule has 0 unspecified atom stereocenters. The third kappa shape index (κ3) is 3.31. The van der Waals surface area contributed by atoms with Crippen LogP contribution >= 0.6 is 0 Å². The summed E-state index contributed by atoms with van der Waals surface area (Å²) in [6.45, 7) is 5.64. The Hall–Kier alpha value is -3.13. The first-order valence-electron chi connectivity index (χ1n) is 8.35. The van der Waals surface area contributed by atoms with Crippen molar-refractivity contribution in [2.45, 2.75) is 33.6 Å². The van der Waals surface area contributed by atoms with Gasteiger partial charge in [0, 0.05) is 29.3 Å². The molecule has 132 valence electrons. The molecule has 5 heteroatoms. The van der Waals surface area contributed by atoms with Crippen LogP contribution in [-0.4, -0.2) is 15.9 Å². The number of carbonyl (C=O) groups excluding carboxylic acids is 1. The molecular weight excluding hydrogens is 329 g/mol. The number of aromatic nitrogens is 2. The highest BCUT2D eigenvalue weighted by molar-refractivity contribution is 5.93. The van der Waals surface area contributed by atoms with Crippen LogP contribution < -0.4 is 5.73 Å². The zero-order chi connectivity index (χ0) is 18.8. The summed E-state index contributed by atoms with van der Waals surface area (Å²) in [6, 6.07) is 5.14. The molecule has 3 N–H and O–H groups in total. The van der Waals surface area contributed by atoms with Gasteiger partial charge in [-0.15, -0.1) is 0 Å². The maximum Gasteiger partial charge on any atom is 0.221 e. The van der Waals surface area contributed by atoms with E-state index in [-0.39, 0.29) is 12.2 Å². The number of carbonyl (C=O) groups is 1. The van der Waals surface area contributed by atoms with Crippen LogP contribution in [0.5, 0.6) is 0 Å². The van der Waals surface area contributed by atoms with Crippen molar-refractivity contribution in [3.05, 3.63) is 63.9 Å². The lowest BCUT2D eigenvalue weighted by molar-refractivity contribution is -0.117. The number of rotatable bonds is 4. The van der Waals surface area contributed by atoms with E-state index in [1.807, 2.05) is 26.0 Å². The van der Waals surface area contributed by atoms with E-state index in [4.69, 9.17) is 5.73 Å². The number of hydrogen-bond donors (Lipinski definition) is 2. The SMILES string of the molecule is CC#Cc1ccc(Cc2c(F)cc(CC(N)=O)c3[nH]c(C)c(C)c23)cn1. The van der Waals surface area contributed by atoms with Gasteiger partial charge in [0.15, 0.2) is 0 Å². The van der Waals surface area contributed by atoms with Crippen LogP contribution in [0, 0.1) is 31.5 Å². The molecule has 4 nitrogen and oxygen atoms in total. The van der Waals surface area contributed by atoms with Crippen molar-refractivity contribution in [1.29, 1.82) is 0 Å². The fraction of sp³-hybridized carbons (Fsp3) is 0.238. The Balaban J connectivity index is 2.11. The molecular formula is C21H20FN3O. The number of halogens is 1. The normalized spacial score (nSPS) is 10.6. The Morgan fingerprint density at radius 3 is 2.73 bits per heavy atom. The molecule has 0 saturated carbocycles. The highest BCUT2D eigenvalue weighted by atomic mass is 19.1. The van der Waals surface area contributed by atoms with Gasteiger partial charge in [-0.1, -0.05) is 12.0 Å². The second kappa shape index (κ2) is 7.01. The van der Waals surface area contributed by atoms with E-state index in [1.165, 1.54) is 6.07 Å². The van der Waals surface area contributed by atoms with Crippen molar-refractivity contribution in [2.75, 3.05) is 0 Å². The maximum absolute atomic E-state index is 14.9. The van der Waals surface area contributed by atoms with Gasteiger partial charge in [-0.25, -0.2) is 9.37 Å². The molecule has 3 aromatic rings. The minimum atomic E-state index is -0.486. The molecule has 0 spiro atoms. The van der Waals surface area contributed by atoms with Crippen molar-refractivity contribution in [3.63, 3.8) is 0 Å². The van der Waals surface area contributed by atoms with Gasteiger partial charge < -0.3 is 10.7 Å². The van der Waals surface area contributed by atoms with E-state index < -0.39 is 5.91 Å². The Bertz CT molecular complexity index is 1050. The van der Waals surface area contributed by atoms with Gasteiger partial charge in [0.05, 0.1) is 11.9 Å². The Morgan fingerprint density at radius 1 is 1.35 bits per heavy atom. The number of H-pyrrole nitrogens is 1. The number of benzene rings is 1. The fourth-order valence-corrected chi connectivity index (χ4v) is 3.20. The summed E-state index contributed by atoms with van der Waals surface area (Å²) in [5, 5.41) is 0.816. The van der Waals surface area contributed by atoms with Crippen LogP contribution in [0.4, 0.5) is 4.39 Å². The van der Waals surface area contributed by atoms with Crippen molar-refractivity contribution in [3.8, 4) is 11.8 Å². The predicted octanol–water partition coefficient (Wildman–Crippen LogP) is 3.31. The topological polar surface area (TPSA) is 71.8 Å². The maximum atomic E-state index is 14.9. The van der Waals surface area contributed by atoms with Crippen LogP contribution in [0.3, 0.4) is 0 Å². The largest absolute Gasteiger partial charge is 0.369 e. The summed E-state index contributed by atoms with van der Waals surface area (Å²) < 4.78 is 14.9. The third-order valence-corrected chi connectivity index (χ3v) is 4.54. The molecule has 1 aromatic carbocycles. The minimum Gasteiger partial charge on any atom is -0.369 e. The van der Waals surface area contributed by atoms with Gasteiger partial charge in [0.1, 0.15) is 11.5 Å². The van der Waals surface area contributed by atoms with E-state index >= 15 is 0 Å². The first-order valence-corrected chi connectivity index (χ1v) is 8.35. The van der Waals surface area contributed by atoms with Gasteiger partial charge in [0.25, 0.3) is 0 Å². The van der Waals surface area contributed by atoms with Crippen LogP contribution in [-0.2, 0) is 17.6 Å². The van der Waals surface area contributed by atoms with Gasteiger partial charge in [0.2, 0.25) is 5.91 Å². The molecule has 0 fully saturated rings. The number of pyridine rings is 1. The van der Waals surface area contributed by atoms with Crippen molar-refractivity contribution in [2.24, 2.45) is 5.73 Å². The zero-order valence-corrected chi connectivity index (χ0v) is 15.0. The van der Waals surface area contributed by atoms with Crippen molar-refractivity contribution >= 4 is 16.8 Å². The van der Waals surface area contributed by atoms with E-state index in [1.54, 1.807) is 13.1 Å². The van der Waals surface area contributed by atoms with Crippen molar-refractivity contribution in [1.82, 2.24) is 9.97 Å². The summed E-state index contributed by atoms with van der Waals surface area (Å²) in [5.74, 6) is 4.87. The molecule has 3 rings (SSSR count). The number of nitrogens with two attached hydrogens (primary N) is 1. The lowest BCUT2D eigenvalue weighted by atomic mass is 9.95. The second-order valence-corrected chi connectivity index (χ2v) is 6.37. The van der Waals surface area contributed by atoms with E-state index in [2.05, 4.69) is 21.8 Å². The molecule has 1 amide bonds. The Morgan fingerprint density at radius 2 is 2.12 bits per heavy atom.